The molecule has 0 bridgehead atoms. The van der Waals surface area contributed by atoms with Crippen molar-refractivity contribution in [2.24, 2.45) is 5.92 Å². The SMILES string of the molecule is CCCC(CBr)C1CCCCO1. The van der Waals surface area contributed by atoms with E-state index in [9.17, 15) is 0 Å². The van der Waals surface area contributed by atoms with Crippen LogP contribution in [0.4, 0.5) is 0 Å². The third-order valence-corrected chi connectivity index (χ3v) is 3.43. The molecule has 72 valence electrons. The standard InChI is InChI=1S/C10H19BrO/c1-2-5-9(8-11)10-6-3-4-7-12-10/h9-10H,2-8H2,1H3. The van der Waals surface area contributed by atoms with Crippen molar-refractivity contribution in [3.8, 4) is 0 Å². The molecule has 0 saturated carbocycles. The summed E-state index contributed by atoms with van der Waals surface area (Å²) in [7, 11) is 0. The highest BCUT2D eigenvalue weighted by molar-refractivity contribution is 9.09. The second-order valence-electron chi connectivity index (χ2n) is 3.61. The highest BCUT2D eigenvalue weighted by Gasteiger charge is 2.22. The van der Waals surface area contributed by atoms with Gasteiger partial charge in [-0.2, -0.15) is 0 Å². The summed E-state index contributed by atoms with van der Waals surface area (Å²) in [5.74, 6) is 0.746. The van der Waals surface area contributed by atoms with Gasteiger partial charge in [0, 0.05) is 11.9 Å². The van der Waals surface area contributed by atoms with Gasteiger partial charge in [-0.15, -0.1) is 0 Å². The highest BCUT2D eigenvalue weighted by Crippen LogP contribution is 2.24. The van der Waals surface area contributed by atoms with E-state index in [0.717, 1.165) is 17.9 Å². The Labute approximate surface area is 84.0 Å². The summed E-state index contributed by atoms with van der Waals surface area (Å²) in [6, 6.07) is 0. The van der Waals surface area contributed by atoms with Crippen LogP contribution < -0.4 is 0 Å². The van der Waals surface area contributed by atoms with Crippen molar-refractivity contribution in [2.75, 3.05) is 11.9 Å². The van der Waals surface area contributed by atoms with Crippen molar-refractivity contribution in [2.45, 2.75) is 45.1 Å². The largest absolute Gasteiger partial charge is 0.378 e. The first kappa shape index (κ1) is 10.5. The van der Waals surface area contributed by atoms with Gasteiger partial charge in [-0.3, -0.25) is 0 Å². The molecule has 2 unspecified atom stereocenters. The Bertz CT molecular complexity index is 108. The fraction of sp³-hybridized carbons (Fsp3) is 1.00. The number of rotatable bonds is 4. The van der Waals surface area contributed by atoms with Crippen LogP contribution in [0.2, 0.25) is 0 Å². The molecule has 1 nitrogen and oxygen atoms in total. The van der Waals surface area contributed by atoms with Gasteiger partial charge in [-0.1, -0.05) is 29.3 Å². The smallest absolute Gasteiger partial charge is 0.0611 e. The molecule has 0 aromatic heterocycles. The molecule has 0 amide bonds. The predicted octanol–water partition coefficient (Wildman–Crippen LogP) is 3.37. The molecule has 0 aromatic carbocycles. The predicted molar refractivity (Wildman–Crippen MR) is 55.8 cm³/mol. The summed E-state index contributed by atoms with van der Waals surface area (Å²) in [5.41, 5.74) is 0. The number of hydrogen-bond donors (Lipinski definition) is 0. The molecule has 1 rings (SSSR count). The molecule has 1 aliphatic heterocycles. The summed E-state index contributed by atoms with van der Waals surface area (Å²) in [4.78, 5) is 0. The maximum Gasteiger partial charge on any atom is 0.0611 e. The second kappa shape index (κ2) is 5.98. The minimum absolute atomic E-state index is 0.540. The van der Waals surface area contributed by atoms with Crippen LogP contribution in [-0.2, 0) is 4.74 Å². The minimum atomic E-state index is 0.540. The van der Waals surface area contributed by atoms with E-state index in [2.05, 4.69) is 22.9 Å². The number of alkyl halides is 1. The summed E-state index contributed by atoms with van der Waals surface area (Å²) in [6.07, 6.45) is 7.01. The van der Waals surface area contributed by atoms with Crippen molar-refractivity contribution in [3.05, 3.63) is 0 Å². The van der Waals surface area contributed by atoms with Gasteiger partial charge in [0.15, 0.2) is 0 Å². The lowest BCUT2D eigenvalue weighted by atomic mass is 9.94. The Kier molecular flexibility index (Phi) is 5.24. The van der Waals surface area contributed by atoms with Crippen LogP contribution in [0.25, 0.3) is 0 Å². The topological polar surface area (TPSA) is 9.23 Å². The molecule has 0 N–H and O–H groups in total. The van der Waals surface area contributed by atoms with Crippen molar-refractivity contribution >= 4 is 15.9 Å². The highest BCUT2D eigenvalue weighted by atomic mass is 79.9. The molecule has 1 saturated heterocycles. The van der Waals surface area contributed by atoms with Gasteiger partial charge in [0.25, 0.3) is 0 Å². The first-order valence-electron chi connectivity index (χ1n) is 5.06. The summed E-state index contributed by atoms with van der Waals surface area (Å²) in [6.45, 7) is 3.23. The molecule has 1 heterocycles. The zero-order valence-corrected chi connectivity index (χ0v) is 9.48. The molecular formula is C10H19BrO. The lowest BCUT2D eigenvalue weighted by molar-refractivity contribution is -0.0167. The third-order valence-electron chi connectivity index (χ3n) is 2.60. The molecular weight excluding hydrogens is 216 g/mol. The van der Waals surface area contributed by atoms with E-state index in [1.54, 1.807) is 0 Å². The summed E-state index contributed by atoms with van der Waals surface area (Å²) in [5, 5.41) is 1.10. The normalized spacial score (nSPS) is 27.0. The lowest BCUT2D eigenvalue weighted by Gasteiger charge is -2.29. The average molecular weight is 235 g/mol. The molecule has 1 fully saturated rings. The van der Waals surface area contributed by atoms with Crippen LogP contribution in [-0.4, -0.2) is 18.0 Å². The van der Waals surface area contributed by atoms with Gasteiger partial charge in [0.05, 0.1) is 6.10 Å². The van der Waals surface area contributed by atoms with Gasteiger partial charge in [0.2, 0.25) is 0 Å². The number of halogens is 1. The van der Waals surface area contributed by atoms with Gasteiger partial charge in [-0.05, 0) is 31.6 Å². The van der Waals surface area contributed by atoms with Gasteiger partial charge < -0.3 is 4.74 Å². The molecule has 1 aliphatic rings. The average Bonchev–Trinajstić information content (AvgIpc) is 2.15. The summed E-state index contributed by atoms with van der Waals surface area (Å²) < 4.78 is 5.75. The molecule has 0 aromatic rings. The third kappa shape index (κ3) is 3.06. The first-order chi connectivity index (χ1) is 5.88. The Balaban J connectivity index is 2.29. The number of ether oxygens (including phenoxy) is 1. The fourth-order valence-corrected chi connectivity index (χ4v) is 2.61. The Morgan fingerprint density at radius 2 is 2.33 bits per heavy atom. The van der Waals surface area contributed by atoms with Crippen LogP contribution in [0, 0.1) is 5.92 Å². The lowest BCUT2D eigenvalue weighted by Crippen LogP contribution is -2.28. The zero-order chi connectivity index (χ0) is 8.81. The molecule has 2 atom stereocenters. The van der Waals surface area contributed by atoms with Crippen molar-refractivity contribution < 1.29 is 4.74 Å². The zero-order valence-electron chi connectivity index (χ0n) is 7.89. The van der Waals surface area contributed by atoms with E-state index >= 15 is 0 Å². The van der Waals surface area contributed by atoms with Gasteiger partial charge in [-0.25, -0.2) is 0 Å². The van der Waals surface area contributed by atoms with Crippen LogP contribution in [0.15, 0.2) is 0 Å². The van der Waals surface area contributed by atoms with Crippen molar-refractivity contribution in [1.82, 2.24) is 0 Å². The van der Waals surface area contributed by atoms with E-state index in [1.807, 2.05) is 0 Å². The Hall–Kier alpha value is 0.440. The Morgan fingerprint density at radius 3 is 2.83 bits per heavy atom. The van der Waals surface area contributed by atoms with E-state index in [0.29, 0.717) is 6.10 Å². The maximum absolute atomic E-state index is 5.75. The van der Waals surface area contributed by atoms with Crippen molar-refractivity contribution in [3.63, 3.8) is 0 Å². The summed E-state index contributed by atoms with van der Waals surface area (Å²) >= 11 is 3.57. The fourth-order valence-electron chi connectivity index (χ4n) is 1.87. The molecule has 0 radical (unpaired) electrons. The van der Waals surface area contributed by atoms with Crippen molar-refractivity contribution in [1.29, 1.82) is 0 Å². The van der Waals surface area contributed by atoms with Crippen LogP contribution >= 0.6 is 15.9 Å². The second-order valence-corrected chi connectivity index (χ2v) is 4.26. The van der Waals surface area contributed by atoms with Crippen LogP contribution in [0.3, 0.4) is 0 Å². The van der Waals surface area contributed by atoms with E-state index in [-0.39, 0.29) is 0 Å². The van der Waals surface area contributed by atoms with Crippen LogP contribution in [0.1, 0.15) is 39.0 Å². The Morgan fingerprint density at radius 1 is 1.50 bits per heavy atom. The number of hydrogen-bond acceptors (Lipinski definition) is 1. The van der Waals surface area contributed by atoms with Gasteiger partial charge in [0.1, 0.15) is 0 Å². The van der Waals surface area contributed by atoms with E-state index in [1.165, 1.54) is 32.1 Å². The monoisotopic (exact) mass is 234 g/mol. The van der Waals surface area contributed by atoms with Gasteiger partial charge >= 0.3 is 0 Å². The molecule has 0 aliphatic carbocycles. The molecule has 12 heavy (non-hydrogen) atoms. The quantitative estimate of drug-likeness (QED) is 0.679. The molecule has 0 spiro atoms. The molecule has 2 heteroatoms. The maximum atomic E-state index is 5.75. The van der Waals surface area contributed by atoms with E-state index in [4.69, 9.17) is 4.74 Å². The minimum Gasteiger partial charge on any atom is -0.378 e. The van der Waals surface area contributed by atoms with E-state index < -0.39 is 0 Å². The van der Waals surface area contributed by atoms with Crippen LogP contribution in [0.5, 0.6) is 0 Å². The first-order valence-corrected chi connectivity index (χ1v) is 6.18.